The monoisotopic (exact) mass is 454 g/mol. The number of halogens is 1. The van der Waals surface area contributed by atoms with Gasteiger partial charge in [-0.05, 0) is 48.7 Å². The van der Waals surface area contributed by atoms with Gasteiger partial charge in [0.15, 0.2) is 11.5 Å². The van der Waals surface area contributed by atoms with E-state index in [0.717, 1.165) is 16.1 Å². The molecule has 30 heavy (non-hydrogen) atoms. The van der Waals surface area contributed by atoms with Crippen LogP contribution in [0.4, 0.5) is 5.69 Å². The maximum atomic E-state index is 12.8. The van der Waals surface area contributed by atoms with Gasteiger partial charge in [0.2, 0.25) is 15.9 Å². The summed E-state index contributed by atoms with van der Waals surface area (Å²) in [6.07, 6.45) is 1.94. The van der Waals surface area contributed by atoms with Crippen LogP contribution < -0.4 is 19.1 Å². The first-order valence-corrected chi connectivity index (χ1v) is 11.7. The van der Waals surface area contributed by atoms with Gasteiger partial charge in [-0.25, -0.2) is 8.42 Å². The first-order valence-electron chi connectivity index (χ1n) is 9.44. The van der Waals surface area contributed by atoms with Crippen LogP contribution in [0.2, 0.25) is 5.02 Å². The second-order valence-corrected chi connectivity index (χ2v) is 8.99. The Bertz CT molecular complexity index is 981. The lowest BCUT2D eigenvalue weighted by atomic mass is 10.1. The summed E-state index contributed by atoms with van der Waals surface area (Å²) in [4.78, 5) is 12.8. The molecule has 0 radical (unpaired) electrons. The Labute approximate surface area is 183 Å². The maximum absolute atomic E-state index is 12.8. The number of sulfonamides is 1. The van der Waals surface area contributed by atoms with Crippen LogP contribution in [0.1, 0.15) is 18.9 Å². The van der Waals surface area contributed by atoms with Gasteiger partial charge in [-0.1, -0.05) is 30.7 Å². The molecule has 0 aliphatic heterocycles. The number of nitrogens with one attached hydrogen (secondary N) is 1. The van der Waals surface area contributed by atoms with E-state index >= 15 is 0 Å². The SMILES string of the molecule is CC[C@H](C(=O)NCCc1ccc(OC)c(OC)c1)N(c1cccc(Cl)c1)S(C)(=O)=O. The van der Waals surface area contributed by atoms with E-state index in [1.807, 2.05) is 12.1 Å². The second kappa shape index (κ2) is 10.5. The van der Waals surface area contributed by atoms with Crippen LogP contribution in [0.5, 0.6) is 11.5 Å². The molecule has 0 aromatic heterocycles. The summed E-state index contributed by atoms with van der Waals surface area (Å²) < 4.78 is 36.5. The average molecular weight is 455 g/mol. The highest BCUT2D eigenvalue weighted by Gasteiger charge is 2.31. The van der Waals surface area contributed by atoms with Gasteiger partial charge in [0.25, 0.3) is 0 Å². The number of ether oxygens (including phenoxy) is 2. The first kappa shape index (κ1) is 23.8. The fourth-order valence-corrected chi connectivity index (χ4v) is 4.55. The summed E-state index contributed by atoms with van der Waals surface area (Å²) in [6, 6.07) is 11.1. The van der Waals surface area contributed by atoms with Crippen LogP contribution in [0.15, 0.2) is 42.5 Å². The van der Waals surface area contributed by atoms with Gasteiger partial charge in [0.05, 0.1) is 26.2 Å². The third-order valence-corrected chi connectivity index (χ3v) is 5.97. The summed E-state index contributed by atoms with van der Waals surface area (Å²) >= 11 is 6.02. The van der Waals surface area contributed by atoms with Crippen molar-refractivity contribution in [3.8, 4) is 11.5 Å². The summed E-state index contributed by atoms with van der Waals surface area (Å²) in [7, 11) is -0.576. The van der Waals surface area contributed by atoms with Crippen LogP contribution in [0, 0.1) is 0 Å². The normalized spacial score (nSPS) is 12.2. The molecule has 1 atom stereocenters. The number of carbonyl (C=O) groups is 1. The zero-order valence-corrected chi connectivity index (χ0v) is 19.1. The molecule has 0 aliphatic carbocycles. The predicted octanol–water partition coefficient (Wildman–Crippen LogP) is 3.26. The van der Waals surface area contributed by atoms with Crippen molar-refractivity contribution in [3.05, 3.63) is 53.1 Å². The van der Waals surface area contributed by atoms with Crippen molar-refractivity contribution >= 4 is 33.2 Å². The molecule has 1 N–H and O–H groups in total. The maximum Gasteiger partial charge on any atom is 0.243 e. The lowest BCUT2D eigenvalue weighted by molar-refractivity contribution is -0.122. The minimum Gasteiger partial charge on any atom is -0.493 e. The fraction of sp³-hybridized carbons (Fsp3) is 0.381. The van der Waals surface area contributed by atoms with Crippen molar-refractivity contribution in [2.75, 3.05) is 31.3 Å². The Morgan fingerprint density at radius 2 is 1.83 bits per heavy atom. The van der Waals surface area contributed by atoms with Crippen LogP contribution in [0.25, 0.3) is 0 Å². The number of anilines is 1. The molecule has 2 rings (SSSR count). The molecule has 0 bridgehead atoms. The van der Waals surface area contributed by atoms with Crippen LogP contribution >= 0.6 is 11.6 Å². The number of rotatable bonds is 10. The van der Waals surface area contributed by atoms with Gasteiger partial charge in [0, 0.05) is 11.6 Å². The van der Waals surface area contributed by atoms with E-state index < -0.39 is 16.1 Å². The van der Waals surface area contributed by atoms with Gasteiger partial charge in [0.1, 0.15) is 6.04 Å². The lowest BCUT2D eigenvalue weighted by Crippen LogP contribution is -2.49. The topological polar surface area (TPSA) is 84.9 Å². The molecule has 0 unspecified atom stereocenters. The summed E-state index contributed by atoms with van der Waals surface area (Å²) in [5.74, 6) is 0.863. The van der Waals surface area contributed by atoms with Crippen molar-refractivity contribution in [1.82, 2.24) is 5.32 Å². The lowest BCUT2D eigenvalue weighted by Gasteiger charge is -2.30. The van der Waals surface area contributed by atoms with E-state index in [2.05, 4.69) is 5.32 Å². The first-order chi connectivity index (χ1) is 14.2. The van der Waals surface area contributed by atoms with Crippen LogP contribution in [-0.2, 0) is 21.2 Å². The minimum atomic E-state index is -3.70. The number of methoxy groups -OCH3 is 2. The number of carbonyl (C=O) groups excluding carboxylic acids is 1. The van der Waals surface area contributed by atoms with E-state index in [-0.39, 0.29) is 5.91 Å². The second-order valence-electron chi connectivity index (χ2n) is 6.69. The standard InChI is InChI=1S/C21H27ClN2O5S/c1-5-18(24(30(4,26)27)17-8-6-7-16(22)14-17)21(25)23-12-11-15-9-10-19(28-2)20(13-15)29-3/h6-10,13-14,18H,5,11-12H2,1-4H3,(H,23,25)/t18-/m1/s1. The molecule has 2 aromatic carbocycles. The van der Waals surface area contributed by atoms with Crippen molar-refractivity contribution in [1.29, 1.82) is 0 Å². The number of benzene rings is 2. The van der Waals surface area contributed by atoms with Gasteiger partial charge < -0.3 is 14.8 Å². The minimum absolute atomic E-state index is 0.307. The molecule has 0 saturated heterocycles. The molecule has 1 amide bonds. The van der Waals surface area contributed by atoms with Crippen molar-refractivity contribution in [2.45, 2.75) is 25.8 Å². The molecule has 0 saturated carbocycles. The summed E-state index contributed by atoms with van der Waals surface area (Å²) in [6.45, 7) is 2.11. The van der Waals surface area contributed by atoms with Gasteiger partial charge >= 0.3 is 0 Å². The van der Waals surface area contributed by atoms with Crippen molar-refractivity contribution < 1.29 is 22.7 Å². The molecule has 2 aromatic rings. The molecule has 0 heterocycles. The Morgan fingerprint density at radius 3 is 2.40 bits per heavy atom. The Hall–Kier alpha value is -2.45. The van der Waals surface area contributed by atoms with E-state index in [1.54, 1.807) is 45.4 Å². The third kappa shape index (κ3) is 6.03. The summed E-state index contributed by atoms with van der Waals surface area (Å²) in [5, 5.41) is 3.23. The molecule has 0 spiro atoms. The predicted molar refractivity (Wildman–Crippen MR) is 119 cm³/mol. The number of hydrogen-bond donors (Lipinski definition) is 1. The Morgan fingerprint density at radius 1 is 1.13 bits per heavy atom. The van der Waals surface area contributed by atoms with Gasteiger partial charge in [-0.15, -0.1) is 0 Å². The number of nitrogens with zero attached hydrogens (tertiary/aromatic N) is 1. The van der Waals surface area contributed by atoms with Gasteiger partial charge in [-0.2, -0.15) is 0 Å². The van der Waals surface area contributed by atoms with Crippen LogP contribution in [-0.4, -0.2) is 47.4 Å². The largest absolute Gasteiger partial charge is 0.493 e. The highest BCUT2D eigenvalue weighted by atomic mass is 35.5. The quantitative estimate of drug-likeness (QED) is 0.595. The van der Waals surface area contributed by atoms with E-state index in [9.17, 15) is 13.2 Å². The number of hydrogen-bond acceptors (Lipinski definition) is 5. The molecule has 0 aliphatic rings. The molecule has 0 fully saturated rings. The molecule has 9 heteroatoms. The zero-order chi connectivity index (χ0) is 22.3. The number of amides is 1. The third-order valence-electron chi connectivity index (χ3n) is 4.55. The van der Waals surface area contributed by atoms with E-state index in [1.165, 1.54) is 6.07 Å². The average Bonchev–Trinajstić information content (AvgIpc) is 2.70. The molecular weight excluding hydrogens is 428 g/mol. The van der Waals surface area contributed by atoms with E-state index in [4.69, 9.17) is 21.1 Å². The Balaban J connectivity index is 2.13. The Kier molecular flexibility index (Phi) is 8.37. The molecular formula is C21H27ClN2O5S. The fourth-order valence-electron chi connectivity index (χ4n) is 3.16. The smallest absolute Gasteiger partial charge is 0.243 e. The summed E-state index contributed by atoms with van der Waals surface area (Å²) in [5.41, 5.74) is 1.31. The van der Waals surface area contributed by atoms with Crippen molar-refractivity contribution in [2.24, 2.45) is 0 Å². The van der Waals surface area contributed by atoms with Crippen molar-refractivity contribution in [3.63, 3.8) is 0 Å². The molecule has 164 valence electrons. The highest BCUT2D eigenvalue weighted by Crippen LogP contribution is 2.28. The zero-order valence-electron chi connectivity index (χ0n) is 17.5. The van der Waals surface area contributed by atoms with Crippen LogP contribution in [0.3, 0.4) is 0 Å². The van der Waals surface area contributed by atoms with E-state index in [0.29, 0.717) is 41.6 Å². The highest BCUT2D eigenvalue weighted by molar-refractivity contribution is 7.92. The molecule has 7 nitrogen and oxygen atoms in total. The van der Waals surface area contributed by atoms with Gasteiger partial charge in [-0.3, -0.25) is 9.10 Å².